The number of piperazine rings is 1. The van der Waals surface area contributed by atoms with Gasteiger partial charge in [0.15, 0.2) is 0 Å². The second kappa shape index (κ2) is 10.2. The van der Waals surface area contributed by atoms with Crippen molar-refractivity contribution >= 4 is 11.6 Å². The first-order chi connectivity index (χ1) is 13.2. The van der Waals surface area contributed by atoms with Crippen LogP contribution in [0.4, 0.5) is 4.39 Å². The minimum absolute atomic E-state index is 0.249. The monoisotopic (exact) mass is 390 g/mol. The predicted octanol–water partition coefficient (Wildman–Crippen LogP) is 4.61. The highest BCUT2D eigenvalue weighted by Crippen LogP contribution is 2.31. The van der Waals surface area contributed by atoms with Crippen LogP contribution in [0.25, 0.3) is 0 Å². The van der Waals surface area contributed by atoms with Gasteiger partial charge in [0.05, 0.1) is 6.61 Å². The number of ether oxygens (including phenoxy) is 1. The largest absolute Gasteiger partial charge is 0.367 e. The molecule has 3 nitrogen and oxygen atoms in total. The van der Waals surface area contributed by atoms with E-state index in [0.29, 0.717) is 11.6 Å². The maximum Gasteiger partial charge on any atom is 0.123 e. The lowest BCUT2D eigenvalue weighted by Crippen LogP contribution is -2.47. The van der Waals surface area contributed by atoms with Crippen LogP contribution in [0.15, 0.2) is 48.5 Å². The van der Waals surface area contributed by atoms with Crippen LogP contribution in [0.2, 0.25) is 5.02 Å². The molecule has 1 saturated heterocycles. The van der Waals surface area contributed by atoms with E-state index in [1.807, 2.05) is 24.3 Å². The van der Waals surface area contributed by atoms with E-state index in [2.05, 4.69) is 16.7 Å². The average molecular weight is 391 g/mol. The normalized spacial score (nSPS) is 17.1. The Morgan fingerprint density at radius 2 is 1.59 bits per heavy atom. The van der Waals surface area contributed by atoms with Crippen molar-refractivity contribution in [2.75, 3.05) is 45.9 Å². The van der Waals surface area contributed by atoms with E-state index in [1.165, 1.54) is 25.1 Å². The third-order valence-corrected chi connectivity index (χ3v) is 5.40. The van der Waals surface area contributed by atoms with Gasteiger partial charge in [-0.25, -0.2) is 4.39 Å². The molecule has 0 spiro atoms. The maximum absolute atomic E-state index is 13.3. The third kappa shape index (κ3) is 5.76. The fourth-order valence-electron chi connectivity index (χ4n) is 3.54. The molecule has 146 valence electrons. The number of rotatable bonds is 8. The summed E-state index contributed by atoms with van der Waals surface area (Å²) in [6, 6.07) is 14.2. The topological polar surface area (TPSA) is 15.7 Å². The van der Waals surface area contributed by atoms with Crippen LogP contribution in [0.1, 0.15) is 30.6 Å². The van der Waals surface area contributed by atoms with Crippen molar-refractivity contribution in [1.82, 2.24) is 9.80 Å². The second-order valence-corrected chi connectivity index (χ2v) is 7.41. The highest BCUT2D eigenvalue weighted by atomic mass is 35.5. The maximum atomic E-state index is 13.3. The molecule has 5 heteroatoms. The first-order valence-corrected chi connectivity index (χ1v) is 10.1. The lowest BCUT2D eigenvalue weighted by atomic mass is 10.0. The number of halogens is 2. The molecule has 0 N–H and O–H groups in total. The van der Waals surface area contributed by atoms with Crippen molar-refractivity contribution in [3.8, 4) is 0 Å². The molecule has 1 unspecified atom stereocenters. The van der Waals surface area contributed by atoms with E-state index in [-0.39, 0.29) is 11.9 Å². The van der Waals surface area contributed by atoms with Gasteiger partial charge in [-0.1, -0.05) is 48.9 Å². The average Bonchev–Trinajstić information content (AvgIpc) is 2.69. The van der Waals surface area contributed by atoms with Crippen LogP contribution in [-0.2, 0) is 4.74 Å². The Morgan fingerprint density at radius 3 is 2.22 bits per heavy atom. The van der Waals surface area contributed by atoms with E-state index in [0.717, 1.165) is 43.9 Å². The lowest BCUT2D eigenvalue weighted by Gasteiger charge is -2.34. The van der Waals surface area contributed by atoms with Crippen molar-refractivity contribution in [1.29, 1.82) is 0 Å². The van der Waals surface area contributed by atoms with Crippen molar-refractivity contribution in [2.24, 2.45) is 0 Å². The zero-order valence-electron chi connectivity index (χ0n) is 15.9. The van der Waals surface area contributed by atoms with Gasteiger partial charge in [-0.05, 0) is 36.7 Å². The molecule has 1 aliphatic heterocycles. The fourth-order valence-corrected chi connectivity index (χ4v) is 3.78. The zero-order valence-corrected chi connectivity index (χ0v) is 16.7. The number of hydrogen-bond donors (Lipinski definition) is 0. The van der Waals surface area contributed by atoms with Gasteiger partial charge in [0.2, 0.25) is 0 Å². The minimum Gasteiger partial charge on any atom is -0.367 e. The van der Waals surface area contributed by atoms with E-state index in [4.69, 9.17) is 16.3 Å². The summed E-state index contributed by atoms with van der Waals surface area (Å²) in [4.78, 5) is 4.96. The van der Waals surface area contributed by atoms with Gasteiger partial charge in [-0.3, -0.25) is 4.90 Å². The van der Waals surface area contributed by atoms with E-state index < -0.39 is 0 Å². The van der Waals surface area contributed by atoms with Crippen LogP contribution < -0.4 is 0 Å². The lowest BCUT2D eigenvalue weighted by molar-refractivity contribution is 0.0453. The minimum atomic E-state index is -0.291. The summed E-state index contributed by atoms with van der Waals surface area (Å²) in [5, 5.41) is 0.667. The van der Waals surface area contributed by atoms with E-state index in [1.54, 1.807) is 12.1 Å². The molecule has 2 aromatic carbocycles. The smallest absolute Gasteiger partial charge is 0.123 e. The summed E-state index contributed by atoms with van der Waals surface area (Å²) < 4.78 is 19.6. The van der Waals surface area contributed by atoms with Crippen molar-refractivity contribution in [3.05, 3.63) is 70.5 Å². The van der Waals surface area contributed by atoms with E-state index in [9.17, 15) is 4.39 Å². The van der Waals surface area contributed by atoms with Crippen molar-refractivity contribution < 1.29 is 9.13 Å². The van der Waals surface area contributed by atoms with E-state index >= 15 is 0 Å². The Hall–Kier alpha value is -1.46. The van der Waals surface area contributed by atoms with Crippen molar-refractivity contribution in [2.45, 2.75) is 19.4 Å². The standard InChI is InChI=1S/C22H28ClFN2O/c1-2-11-25-12-14-26(15-13-25)16-17-27-22(18-7-9-19(24)10-8-18)20-5-3-4-6-21(20)23/h3-10,22H,2,11-17H2,1H3. The van der Waals surface area contributed by atoms with Crippen LogP contribution in [0.5, 0.6) is 0 Å². The Bertz CT molecular complexity index is 702. The van der Waals surface area contributed by atoms with Gasteiger partial charge >= 0.3 is 0 Å². The summed E-state index contributed by atoms with van der Waals surface area (Å²) in [5.41, 5.74) is 1.83. The molecule has 1 atom stereocenters. The fraction of sp³-hybridized carbons (Fsp3) is 0.455. The van der Waals surface area contributed by atoms with Crippen LogP contribution in [0.3, 0.4) is 0 Å². The van der Waals surface area contributed by atoms with Crippen LogP contribution in [0, 0.1) is 5.82 Å². The third-order valence-electron chi connectivity index (χ3n) is 5.06. The molecule has 0 aromatic heterocycles. The molecule has 27 heavy (non-hydrogen) atoms. The number of benzene rings is 2. The molecule has 2 aromatic rings. The highest BCUT2D eigenvalue weighted by Gasteiger charge is 2.20. The quantitative estimate of drug-likeness (QED) is 0.654. The van der Waals surface area contributed by atoms with Gasteiger partial charge in [0, 0.05) is 43.3 Å². The first-order valence-electron chi connectivity index (χ1n) is 9.73. The predicted molar refractivity (Wildman–Crippen MR) is 109 cm³/mol. The summed E-state index contributed by atoms with van der Waals surface area (Å²) in [5.74, 6) is -0.249. The van der Waals surface area contributed by atoms with Gasteiger partial charge in [-0.2, -0.15) is 0 Å². The van der Waals surface area contributed by atoms with Crippen LogP contribution in [-0.4, -0.2) is 55.7 Å². The summed E-state index contributed by atoms with van der Waals surface area (Å²) in [6.07, 6.45) is 0.918. The Balaban J connectivity index is 1.61. The van der Waals surface area contributed by atoms with Gasteiger partial charge in [0.1, 0.15) is 11.9 Å². The molecule has 1 heterocycles. The summed E-state index contributed by atoms with van der Waals surface area (Å²) in [7, 11) is 0. The summed E-state index contributed by atoms with van der Waals surface area (Å²) in [6.45, 7) is 9.32. The van der Waals surface area contributed by atoms with Gasteiger partial charge < -0.3 is 9.64 Å². The Labute approximate surface area is 166 Å². The molecular weight excluding hydrogens is 363 g/mol. The first kappa shape index (κ1) is 20.3. The molecule has 0 saturated carbocycles. The molecule has 3 rings (SSSR count). The van der Waals surface area contributed by atoms with Gasteiger partial charge in [-0.15, -0.1) is 0 Å². The highest BCUT2D eigenvalue weighted by molar-refractivity contribution is 6.31. The molecule has 1 fully saturated rings. The molecule has 0 radical (unpaired) electrons. The second-order valence-electron chi connectivity index (χ2n) is 7.01. The van der Waals surface area contributed by atoms with Gasteiger partial charge in [0.25, 0.3) is 0 Å². The number of hydrogen-bond acceptors (Lipinski definition) is 3. The Morgan fingerprint density at radius 1 is 0.963 bits per heavy atom. The molecule has 0 amide bonds. The molecule has 1 aliphatic rings. The zero-order chi connectivity index (χ0) is 19.1. The SMILES string of the molecule is CCCN1CCN(CCOC(c2ccc(F)cc2)c2ccccc2Cl)CC1. The number of nitrogens with zero attached hydrogens (tertiary/aromatic N) is 2. The van der Waals surface area contributed by atoms with Crippen LogP contribution >= 0.6 is 11.6 Å². The molecule has 0 bridgehead atoms. The Kier molecular flexibility index (Phi) is 7.65. The molecular formula is C22H28ClFN2O. The van der Waals surface area contributed by atoms with Crippen molar-refractivity contribution in [3.63, 3.8) is 0 Å². The summed E-state index contributed by atoms with van der Waals surface area (Å²) >= 11 is 6.40. The molecule has 0 aliphatic carbocycles.